The summed E-state index contributed by atoms with van der Waals surface area (Å²) in [6.45, 7) is 5.67. The van der Waals surface area contributed by atoms with Gasteiger partial charge in [-0.3, -0.25) is 4.79 Å². The fourth-order valence-electron chi connectivity index (χ4n) is 1.22. The van der Waals surface area contributed by atoms with Gasteiger partial charge < -0.3 is 10.1 Å². The number of ketones is 1. The molecule has 3 nitrogen and oxygen atoms in total. The minimum atomic E-state index is -0.348. The summed E-state index contributed by atoms with van der Waals surface area (Å²) in [5.74, 6) is 0.834. The molecule has 0 fully saturated rings. The lowest BCUT2D eigenvalue weighted by Crippen LogP contribution is -2.17. The fourth-order valence-corrected chi connectivity index (χ4v) is 1.22. The normalized spacial score (nSPS) is 11.5. The van der Waals surface area contributed by atoms with E-state index in [9.17, 15) is 4.79 Å². The maximum absolute atomic E-state index is 11.7. The number of hydrogen-bond donors (Lipinski definition) is 1. The Bertz CT molecular complexity index is 416. The van der Waals surface area contributed by atoms with Gasteiger partial charge in [0.25, 0.3) is 0 Å². The molecule has 3 heteroatoms. The average molecular weight is 233 g/mol. The van der Waals surface area contributed by atoms with Crippen molar-refractivity contribution in [2.24, 2.45) is 5.41 Å². The SMILES string of the molecule is COc1ccccc1N/C=C/C(=O)C(C)(C)C. The highest BCUT2D eigenvalue weighted by Crippen LogP contribution is 2.23. The van der Waals surface area contributed by atoms with Gasteiger partial charge in [0.1, 0.15) is 5.75 Å². The first kappa shape index (κ1) is 13.3. The van der Waals surface area contributed by atoms with E-state index in [4.69, 9.17) is 4.74 Å². The van der Waals surface area contributed by atoms with Crippen LogP contribution in [0.25, 0.3) is 0 Å². The van der Waals surface area contributed by atoms with Crippen molar-refractivity contribution in [2.45, 2.75) is 20.8 Å². The van der Waals surface area contributed by atoms with E-state index in [2.05, 4.69) is 5.32 Å². The van der Waals surface area contributed by atoms with E-state index in [1.807, 2.05) is 45.0 Å². The lowest BCUT2D eigenvalue weighted by molar-refractivity contribution is -0.121. The number of hydrogen-bond acceptors (Lipinski definition) is 3. The van der Waals surface area contributed by atoms with E-state index in [1.165, 1.54) is 0 Å². The maximum atomic E-state index is 11.7. The molecule has 0 saturated carbocycles. The number of ether oxygens (including phenoxy) is 1. The first-order chi connectivity index (χ1) is 7.95. The van der Waals surface area contributed by atoms with Gasteiger partial charge in [-0.15, -0.1) is 0 Å². The van der Waals surface area contributed by atoms with Crippen LogP contribution in [0.15, 0.2) is 36.5 Å². The molecule has 0 aliphatic rings. The summed E-state index contributed by atoms with van der Waals surface area (Å²) in [4.78, 5) is 11.7. The number of rotatable bonds is 4. The Hall–Kier alpha value is -1.77. The second-order valence-corrected chi connectivity index (χ2v) is 4.79. The number of methoxy groups -OCH3 is 1. The highest BCUT2D eigenvalue weighted by molar-refractivity contribution is 5.94. The molecule has 0 aliphatic carbocycles. The van der Waals surface area contributed by atoms with Crippen molar-refractivity contribution in [3.63, 3.8) is 0 Å². The molecule has 0 atom stereocenters. The number of allylic oxidation sites excluding steroid dienone is 1. The highest BCUT2D eigenvalue weighted by atomic mass is 16.5. The van der Waals surface area contributed by atoms with Gasteiger partial charge in [0.2, 0.25) is 0 Å². The van der Waals surface area contributed by atoms with Gasteiger partial charge in [-0.2, -0.15) is 0 Å². The van der Waals surface area contributed by atoms with Crippen LogP contribution in [0.3, 0.4) is 0 Å². The zero-order valence-electron chi connectivity index (χ0n) is 10.8. The molecule has 1 rings (SSSR count). The molecule has 0 heterocycles. The molecule has 1 aromatic rings. The Kier molecular flexibility index (Phi) is 4.32. The third-order valence-corrected chi connectivity index (χ3v) is 2.32. The lowest BCUT2D eigenvalue weighted by Gasteiger charge is -2.13. The molecule has 1 aromatic carbocycles. The van der Waals surface area contributed by atoms with Crippen LogP contribution in [-0.4, -0.2) is 12.9 Å². The van der Waals surface area contributed by atoms with Crippen molar-refractivity contribution in [2.75, 3.05) is 12.4 Å². The number of benzene rings is 1. The van der Waals surface area contributed by atoms with Gasteiger partial charge in [-0.05, 0) is 18.2 Å². The average Bonchev–Trinajstić information content (AvgIpc) is 2.28. The van der Waals surface area contributed by atoms with Gasteiger partial charge in [-0.1, -0.05) is 32.9 Å². The predicted molar refractivity (Wildman–Crippen MR) is 70.2 cm³/mol. The quantitative estimate of drug-likeness (QED) is 0.811. The molecule has 1 N–H and O–H groups in total. The fraction of sp³-hybridized carbons (Fsp3) is 0.357. The topological polar surface area (TPSA) is 38.3 Å². The molecule has 17 heavy (non-hydrogen) atoms. The summed E-state index contributed by atoms with van der Waals surface area (Å²) in [5, 5.41) is 3.04. The Labute approximate surface area is 102 Å². The van der Waals surface area contributed by atoms with Crippen LogP contribution in [0.1, 0.15) is 20.8 Å². The highest BCUT2D eigenvalue weighted by Gasteiger charge is 2.17. The van der Waals surface area contributed by atoms with E-state index < -0.39 is 0 Å². The van der Waals surface area contributed by atoms with Gasteiger partial charge >= 0.3 is 0 Å². The van der Waals surface area contributed by atoms with Crippen molar-refractivity contribution < 1.29 is 9.53 Å². The number of para-hydroxylation sites is 2. The van der Waals surface area contributed by atoms with Crippen molar-refractivity contribution in [3.05, 3.63) is 36.5 Å². The van der Waals surface area contributed by atoms with Crippen molar-refractivity contribution in [1.82, 2.24) is 0 Å². The first-order valence-electron chi connectivity index (χ1n) is 5.55. The Morgan fingerprint density at radius 2 is 1.94 bits per heavy atom. The van der Waals surface area contributed by atoms with Gasteiger partial charge in [0.15, 0.2) is 5.78 Å². The molecule has 0 aliphatic heterocycles. The molecule has 0 spiro atoms. The zero-order valence-corrected chi connectivity index (χ0v) is 10.8. The Balaban J connectivity index is 2.68. The second-order valence-electron chi connectivity index (χ2n) is 4.79. The molecule has 0 saturated heterocycles. The van der Waals surface area contributed by atoms with E-state index in [-0.39, 0.29) is 11.2 Å². The van der Waals surface area contributed by atoms with Gasteiger partial charge in [0.05, 0.1) is 12.8 Å². The maximum Gasteiger partial charge on any atom is 0.162 e. The number of carbonyl (C=O) groups excluding carboxylic acids is 1. The van der Waals surface area contributed by atoms with Crippen molar-refractivity contribution >= 4 is 11.5 Å². The van der Waals surface area contributed by atoms with Crippen LogP contribution < -0.4 is 10.1 Å². The molecule has 0 amide bonds. The molecular weight excluding hydrogens is 214 g/mol. The van der Waals surface area contributed by atoms with Gasteiger partial charge in [-0.25, -0.2) is 0 Å². The standard InChI is InChI=1S/C14H19NO2/c1-14(2,3)13(16)9-10-15-11-7-5-6-8-12(11)17-4/h5-10,15H,1-4H3/b10-9+. The minimum absolute atomic E-state index is 0.0832. The number of nitrogens with one attached hydrogen (secondary N) is 1. The molecule has 0 radical (unpaired) electrons. The third-order valence-electron chi connectivity index (χ3n) is 2.32. The van der Waals surface area contributed by atoms with E-state index in [0.717, 1.165) is 11.4 Å². The predicted octanol–water partition coefficient (Wildman–Crippen LogP) is 3.24. The van der Waals surface area contributed by atoms with Crippen LogP contribution in [0, 0.1) is 5.41 Å². The van der Waals surface area contributed by atoms with E-state index in [1.54, 1.807) is 19.4 Å². The van der Waals surface area contributed by atoms with Crippen LogP contribution in [-0.2, 0) is 4.79 Å². The summed E-state index contributed by atoms with van der Waals surface area (Å²) in [5.41, 5.74) is 0.492. The molecule has 0 aromatic heterocycles. The van der Waals surface area contributed by atoms with Crippen LogP contribution in [0.4, 0.5) is 5.69 Å². The van der Waals surface area contributed by atoms with Crippen LogP contribution >= 0.6 is 0 Å². The minimum Gasteiger partial charge on any atom is -0.495 e. The van der Waals surface area contributed by atoms with Crippen LogP contribution in [0.2, 0.25) is 0 Å². The van der Waals surface area contributed by atoms with Gasteiger partial charge in [0, 0.05) is 11.6 Å². The third kappa shape index (κ3) is 3.94. The summed E-state index contributed by atoms with van der Waals surface area (Å²) in [6.07, 6.45) is 3.19. The first-order valence-corrected chi connectivity index (χ1v) is 5.55. The summed E-state index contributed by atoms with van der Waals surface area (Å²) >= 11 is 0. The number of anilines is 1. The smallest absolute Gasteiger partial charge is 0.162 e. The second kappa shape index (κ2) is 5.53. The lowest BCUT2D eigenvalue weighted by atomic mass is 9.91. The van der Waals surface area contributed by atoms with E-state index >= 15 is 0 Å². The van der Waals surface area contributed by atoms with E-state index in [0.29, 0.717) is 0 Å². The van der Waals surface area contributed by atoms with Crippen molar-refractivity contribution in [3.8, 4) is 5.75 Å². The Morgan fingerprint density at radius 3 is 2.53 bits per heavy atom. The Morgan fingerprint density at radius 1 is 1.29 bits per heavy atom. The monoisotopic (exact) mass is 233 g/mol. The molecule has 92 valence electrons. The summed E-state index contributed by atoms with van der Waals surface area (Å²) in [7, 11) is 1.62. The zero-order chi connectivity index (χ0) is 12.9. The number of carbonyl (C=O) groups is 1. The molecule has 0 unspecified atom stereocenters. The molecule has 0 bridgehead atoms. The van der Waals surface area contributed by atoms with Crippen molar-refractivity contribution in [1.29, 1.82) is 0 Å². The molecular formula is C14H19NO2. The summed E-state index contributed by atoms with van der Waals surface area (Å²) in [6, 6.07) is 7.56. The largest absolute Gasteiger partial charge is 0.495 e. The summed E-state index contributed by atoms with van der Waals surface area (Å²) < 4.78 is 5.19. The van der Waals surface area contributed by atoms with Crippen LogP contribution in [0.5, 0.6) is 5.75 Å².